The Morgan fingerprint density at radius 3 is 2.87 bits per heavy atom. The van der Waals surface area contributed by atoms with E-state index >= 15 is 0 Å². The minimum atomic E-state index is -0.255. The zero-order valence-electron chi connectivity index (χ0n) is 8.51. The number of aromatic nitrogens is 5. The third-order valence-corrected chi connectivity index (χ3v) is 2.07. The van der Waals surface area contributed by atoms with Crippen LogP contribution in [0, 0.1) is 5.92 Å². The number of nitrogens with zero attached hydrogens (tertiary/aromatic N) is 4. The molecule has 2 aromatic rings. The Morgan fingerprint density at radius 2 is 2.27 bits per heavy atom. The molecule has 0 bridgehead atoms. The summed E-state index contributed by atoms with van der Waals surface area (Å²) in [5.41, 5.74) is 5.86. The van der Waals surface area contributed by atoms with Crippen LogP contribution in [0.15, 0.2) is 10.9 Å². The Kier molecular flexibility index (Phi) is 2.46. The van der Waals surface area contributed by atoms with Gasteiger partial charge in [-0.15, -0.1) is 0 Å². The summed E-state index contributed by atoms with van der Waals surface area (Å²) in [7, 11) is 0. The number of hydrogen-bond acceptors (Lipinski definition) is 6. The van der Waals surface area contributed by atoms with Crippen molar-refractivity contribution < 1.29 is 4.52 Å². The van der Waals surface area contributed by atoms with Crippen molar-refractivity contribution in [2.45, 2.75) is 19.9 Å². The standard InChI is InChI=1S/C8H12N6O/c1-4(2)5(9)8-12-7(14-15-8)6-10-3-11-13-6/h3-5H,9H2,1-2H3,(H,10,11,13)/t5-/m0/s1. The van der Waals surface area contributed by atoms with Crippen molar-refractivity contribution in [2.75, 3.05) is 0 Å². The van der Waals surface area contributed by atoms with Gasteiger partial charge in [-0.2, -0.15) is 10.1 Å². The molecule has 7 heteroatoms. The van der Waals surface area contributed by atoms with Crippen LogP contribution in [-0.2, 0) is 0 Å². The highest BCUT2D eigenvalue weighted by molar-refractivity contribution is 5.39. The summed E-state index contributed by atoms with van der Waals surface area (Å²) in [6.45, 7) is 3.98. The highest BCUT2D eigenvalue weighted by atomic mass is 16.5. The van der Waals surface area contributed by atoms with Crippen LogP contribution in [0.2, 0.25) is 0 Å². The molecule has 0 aliphatic heterocycles. The fourth-order valence-electron chi connectivity index (χ4n) is 1.07. The zero-order chi connectivity index (χ0) is 10.8. The molecule has 2 rings (SSSR count). The van der Waals surface area contributed by atoms with Crippen molar-refractivity contribution in [1.29, 1.82) is 0 Å². The van der Waals surface area contributed by atoms with Crippen LogP contribution >= 0.6 is 0 Å². The minimum absolute atomic E-state index is 0.244. The maximum Gasteiger partial charge on any atom is 0.244 e. The third kappa shape index (κ3) is 1.86. The van der Waals surface area contributed by atoms with Crippen molar-refractivity contribution in [2.24, 2.45) is 11.7 Å². The second-order valence-electron chi connectivity index (χ2n) is 3.56. The van der Waals surface area contributed by atoms with Crippen LogP contribution in [0.5, 0.6) is 0 Å². The van der Waals surface area contributed by atoms with E-state index in [4.69, 9.17) is 10.3 Å². The number of rotatable bonds is 3. The van der Waals surface area contributed by atoms with Crippen molar-refractivity contribution in [3.8, 4) is 11.6 Å². The predicted octanol–water partition coefficient (Wildman–Crippen LogP) is 0.510. The highest BCUT2D eigenvalue weighted by Gasteiger charge is 2.19. The summed E-state index contributed by atoms with van der Waals surface area (Å²) in [5, 5.41) is 10.1. The number of hydrogen-bond donors (Lipinski definition) is 2. The van der Waals surface area contributed by atoms with E-state index in [-0.39, 0.29) is 12.0 Å². The van der Waals surface area contributed by atoms with Gasteiger partial charge in [0.25, 0.3) is 0 Å². The molecule has 0 saturated heterocycles. The molecule has 0 radical (unpaired) electrons. The summed E-state index contributed by atoms with van der Waals surface area (Å²) >= 11 is 0. The zero-order valence-corrected chi connectivity index (χ0v) is 8.51. The van der Waals surface area contributed by atoms with Crippen LogP contribution in [0.1, 0.15) is 25.8 Å². The summed E-state index contributed by atoms with van der Waals surface area (Å²) in [6.07, 6.45) is 1.38. The Hall–Kier alpha value is -1.76. The van der Waals surface area contributed by atoms with Gasteiger partial charge in [0.2, 0.25) is 11.7 Å². The lowest BCUT2D eigenvalue weighted by molar-refractivity contribution is 0.325. The molecule has 2 heterocycles. The molecule has 7 nitrogen and oxygen atoms in total. The quantitative estimate of drug-likeness (QED) is 0.761. The van der Waals surface area contributed by atoms with Gasteiger partial charge in [-0.25, -0.2) is 4.98 Å². The Balaban J connectivity index is 2.25. The summed E-state index contributed by atoms with van der Waals surface area (Å²) in [5.74, 6) is 1.50. The first-order chi connectivity index (χ1) is 7.18. The molecule has 0 aliphatic carbocycles. The molecule has 0 aromatic carbocycles. The maximum absolute atomic E-state index is 5.86. The number of aromatic amines is 1. The molecular formula is C8H12N6O. The molecule has 15 heavy (non-hydrogen) atoms. The number of nitrogens with two attached hydrogens (primary N) is 1. The fraction of sp³-hybridized carbons (Fsp3) is 0.500. The van der Waals surface area contributed by atoms with Gasteiger partial charge in [-0.05, 0) is 5.92 Å². The molecule has 0 unspecified atom stereocenters. The van der Waals surface area contributed by atoms with Gasteiger partial charge >= 0.3 is 0 Å². The average Bonchev–Trinajstić information content (AvgIpc) is 2.86. The Labute approximate surface area is 86.1 Å². The molecule has 80 valence electrons. The van der Waals surface area contributed by atoms with E-state index in [0.29, 0.717) is 17.5 Å². The van der Waals surface area contributed by atoms with Gasteiger partial charge in [0.1, 0.15) is 6.33 Å². The van der Waals surface area contributed by atoms with Crippen molar-refractivity contribution in [1.82, 2.24) is 25.3 Å². The average molecular weight is 208 g/mol. The fourth-order valence-corrected chi connectivity index (χ4v) is 1.07. The monoisotopic (exact) mass is 208 g/mol. The van der Waals surface area contributed by atoms with E-state index in [2.05, 4.69) is 25.3 Å². The van der Waals surface area contributed by atoms with E-state index < -0.39 is 0 Å². The molecule has 0 fully saturated rings. The maximum atomic E-state index is 5.86. The van der Waals surface area contributed by atoms with Crippen molar-refractivity contribution in [3.63, 3.8) is 0 Å². The van der Waals surface area contributed by atoms with Crippen molar-refractivity contribution >= 4 is 0 Å². The van der Waals surface area contributed by atoms with Crippen LogP contribution < -0.4 is 5.73 Å². The van der Waals surface area contributed by atoms with Gasteiger partial charge in [0.05, 0.1) is 6.04 Å². The van der Waals surface area contributed by atoms with E-state index in [0.717, 1.165) is 0 Å². The molecular weight excluding hydrogens is 196 g/mol. The second-order valence-corrected chi connectivity index (χ2v) is 3.56. The van der Waals surface area contributed by atoms with Gasteiger partial charge in [-0.1, -0.05) is 19.0 Å². The first-order valence-electron chi connectivity index (χ1n) is 4.63. The second kappa shape index (κ2) is 3.77. The van der Waals surface area contributed by atoms with Gasteiger partial charge in [0.15, 0.2) is 5.82 Å². The largest absolute Gasteiger partial charge is 0.337 e. The predicted molar refractivity (Wildman–Crippen MR) is 51.4 cm³/mol. The lowest BCUT2D eigenvalue weighted by Gasteiger charge is -2.08. The lowest BCUT2D eigenvalue weighted by Crippen LogP contribution is -2.16. The molecule has 0 spiro atoms. The van der Waals surface area contributed by atoms with Crippen LogP contribution in [0.25, 0.3) is 11.6 Å². The topological polar surface area (TPSA) is 107 Å². The van der Waals surface area contributed by atoms with Crippen LogP contribution in [0.3, 0.4) is 0 Å². The molecule has 0 amide bonds. The van der Waals surface area contributed by atoms with E-state index in [1.165, 1.54) is 6.33 Å². The smallest absolute Gasteiger partial charge is 0.244 e. The van der Waals surface area contributed by atoms with Gasteiger partial charge in [0, 0.05) is 0 Å². The Bertz CT molecular complexity index is 420. The van der Waals surface area contributed by atoms with E-state index in [9.17, 15) is 0 Å². The first kappa shape index (κ1) is 9.78. The highest BCUT2D eigenvalue weighted by Crippen LogP contribution is 2.18. The minimum Gasteiger partial charge on any atom is -0.337 e. The first-order valence-corrected chi connectivity index (χ1v) is 4.63. The summed E-state index contributed by atoms with van der Waals surface area (Å²) in [4.78, 5) is 8.05. The summed E-state index contributed by atoms with van der Waals surface area (Å²) < 4.78 is 5.04. The molecule has 1 atom stereocenters. The van der Waals surface area contributed by atoms with Gasteiger partial charge < -0.3 is 10.3 Å². The number of H-pyrrole nitrogens is 1. The van der Waals surface area contributed by atoms with Crippen molar-refractivity contribution in [3.05, 3.63) is 12.2 Å². The Morgan fingerprint density at radius 1 is 1.47 bits per heavy atom. The molecule has 0 saturated carbocycles. The lowest BCUT2D eigenvalue weighted by atomic mass is 10.1. The van der Waals surface area contributed by atoms with Crippen LogP contribution in [0.4, 0.5) is 0 Å². The van der Waals surface area contributed by atoms with Gasteiger partial charge in [-0.3, -0.25) is 5.10 Å². The normalized spacial score (nSPS) is 13.3. The number of nitrogens with one attached hydrogen (secondary N) is 1. The van der Waals surface area contributed by atoms with E-state index in [1.54, 1.807) is 0 Å². The van der Waals surface area contributed by atoms with E-state index in [1.807, 2.05) is 13.8 Å². The third-order valence-electron chi connectivity index (χ3n) is 2.07. The molecule has 3 N–H and O–H groups in total. The van der Waals surface area contributed by atoms with Crippen LogP contribution in [-0.4, -0.2) is 25.3 Å². The summed E-state index contributed by atoms with van der Waals surface area (Å²) in [6, 6.07) is -0.255. The molecule has 0 aliphatic rings. The SMILES string of the molecule is CC(C)[C@H](N)c1nc(-c2ncn[nH]2)no1. The molecule has 2 aromatic heterocycles.